The summed E-state index contributed by atoms with van der Waals surface area (Å²) in [6, 6.07) is 1.62. The Morgan fingerprint density at radius 3 is 2.26 bits per heavy atom. The van der Waals surface area contributed by atoms with Gasteiger partial charge in [0.2, 0.25) is 0 Å². The van der Waals surface area contributed by atoms with E-state index in [1.54, 1.807) is 37.6 Å². The quantitative estimate of drug-likeness (QED) is 0.689. The molecular weight excluding hydrogens is 287 g/mol. The first-order chi connectivity index (χ1) is 8.98. The molecule has 1 aromatic heterocycles. The lowest BCUT2D eigenvalue weighted by Gasteiger charge is -2.38. The summed E-state index contributed by atoms with van der Waals surface area (Å²) in [5.74, 6) is -1.43. The van der Waals surface area contributed by atoms with Crippen LogP contribution in [0, 0.1) is 0 Å². The number of aliphatic carboxylic acids is 1. The van der Waals surface area contributed by atoms with Gasteiger partial charge in [-0.15, -0.1) is 0 Å². The Morgan fingerprint density at radius 2 is 1.95 bits per heavy atom. The van der Waals surface area contributed by atoms with Gasteiger partial charge in [-0.05, 0) is 42.7 Å². The third-order valence-corrected chi connectivity index (χ3v) is 6.49. The first-order valence-electron chi connectivity index (χ1n) is 6.11. The fourth-order valence-corrected chi connectivity index (χ4v) is 5.11. The first-order valence-corrected chi connectivity index (χ1v) is 8.60. The van der Waals surface area contributed by atoms with Crippen molar-refractivity contribution in [2.24, 2.45) is 0 Å². The predicted octanol–water partition coefficient (Wildman–Crippen LogP) is 2.37. The second-order valence-corrected chi connectivity index (χ2v) is 6.90. The van der Waals surface area contributed by atoms with Gasteiger partial charge >= 0.3 is 7.60 Å². The van der Waals surface area contributed by atoms with Crippen LogP contribution in [0.15, 0.2) is 16.8 Å². The van der Waals surface area contributed by atoms with E-state index in [1.807, 2.05) is 0 Å². The van der Waals surface area contributed by atoms with Gasteiger partial charge in [0.05, 0.1) is 19.2 Å². The van der Waals surface area contributed by atoms with E-state index in [4.69, 9.17) is 9.05 Å². The molecule has 1 heterocycles. The monoisotopic (exact) mass is 305 g/mol. The van der Waals surface area contributed by atoms with Gasteiger partial charge in [0.25, 0.3) is 0 Å². The highest BCUT2D eigenvalue weighted by Gasteiger charge is 2.52. The third kappa shape index (κ3) is 2.77. The van der Waals surface area contributed by atoms with Gasteiger partial charge in [-0.2, -0.15) is 11.3 Å². The molecule has 1 unspecified atom stereocenters. The summed E-state index contributed by atoms with van der Waals surface area (Å²) in [4.78, 5) is 11.7. The Morgan fingerprint density at radius 1 is 1.37 bits per heavy atom. The van der Waals surface area contributed by atoms with Gasteiger partial charge in [0.15, 0.2) is 0 Å². The van der Waals surface area contributed by atoms with Crippen LogP contribution in [0.25, 0.3) is 0 Å². The van der Waals surface area contributed by atoms with Crippen LogP contribution in [0.3, 0.4) is 0 Å². The van der Waals surface area contributed by atoms with E-state index in [1.165, 1.54) is 11.3 Å². The number of hydrogen-bond acceptors (Lipinski definition) is 6. The molecule has 1 atom stereocenters. The summed E-state index contributed by atoms with van der Waals surface area (Å²) >= 11 is 1.33. The summed E-state index contributed by atoms with van der Waals surface area (Å²) in [6.45, 7) is 5.15. The third-order valence-electron chi connectivity index (χ3n) is 2.91. The smallest absolute Gasteiger partial charge is 0.346 e. The maximum Gasteiger partial charge on any atom is 0.346 e. The van der Waals surface area contributed by atoms with Crippen LogP contribution in [-0.2, 0) is 23.6 Å². The summed E-state index contributed by atoms with van der Waals surface area (Å²) in [7, 11) is -3.86. The molecule has 0 bridgehead atoms. The lowest BCUT2D eigenvalue weighted by molar-refractivity contribution is -0.310. The highest BCUT2D eigenvalue weighted by Crippen LogP contribution is 2.66. The zero-order chi connectivity index (χ0) is 14.5. The molecule has 0 saturated heterocycles. The van der Waals surface area contributed by atoms with Gasteiger partial charge in [-0.25, -0.2) is 0 Å². The molecule has 0 aliphatic carbocycles. The molecule has 0 aliphatic heterocycles. The molecule has 0 spiro atoms. The number of carbonyl (C=O) groups excluding carboxylic acids is 1. The highest BCUT2D eigenvalue weighted by atomic mass is 32.1. The first kappa shape index (κ1) is 16.4. The number of hydrogen-bond donors (Lipinski definition) is 0. The fraction of sp³-hybridized carbons (Fsp3) is 0.583. The molecule has 0 radical (unpaired) electrons. The molecule has 1 aromatic rings. The molecule has 0 aliphatic rings. The fourth-order valence-electron chi connectivity index (χ4n) is 2.03. The van der Waals surface area contributed by atoms with E-state index in [-0.39, 0.29) is 19.6 Å². The molecule has 0 aromatic carbocycles. The SMILES string of the molecule is CCOP(=O)(OCC)C(CC)(C(=O)[O-])c1ccsc1. The van der Waals surface area contributed by atoms with Gasteiger partial charge < -0.3 is 18.9 Å². The van der Waals surface area contributed by atoms with Crippen molar-refractivity contribution in [2.75, 3.05) is 13.2 Å². The molecule has 0 amide bonds. The normalized spacial score (nSPS) is 15.1. The lowest BCUT2D eigenvalue weighted by Crippen LogP contribution is -2.46. The van der Waals surface area contributed by atoms with E-state index in [0.29, 0.717) is 5.56 Å². The zero-order valence-corrected chi connectivity index (χ0v) is 13.0. The molecule has 5 nitrogen and oxygen atoms in total. The van der Waals surface area contributed by atoms with Crippen LogP contribution in [0.5, 0.6) is 0 Å². The second-order valence-electron chi connectivity index (χ2n) is 3.85. The van der Waals surface area contributed by atoms with Crippen LogP contribution in [-0.4, -0.2) is 19.2 Å². The lowest BCUT2D eigenvalue weighted by atomic mass is 9.98. The zero-order valence-electron chi connectivity index (χ0n) is 11.3. The Hall–Kier alpha value is -0.680. The van der Waals surface area contributed by atoms with Crippen molar-refractivity contribution in [2.45, 2.75) is 32.3 Å². The van der Waals surface area contributed by atoms with Gasteiger partial charge in [-0.3, -0.25) is 4.57 Å². The Balaban J connectivity index is 3.45. The van der Waals surface area contributed by atoms with Gasteiger partial charge in [0.1, 0.15) is 5.16 Å². The molecule has 19 heavy (non-hydrogen) atoms. The second kappa shape index (κ2) is 6.66. The van der Waals surface area contributed by atoms with Crippen LogP contribution in [0.2, 0.25) is 0 Å². The Kier molecular flexibility index (Phi) is 5.74. The minimum Gasteiger partial charge on any atom is -0.548 e. The summed E-state index contributed by atoms with van der Waals surface area (Å²) in [5.41, 5.74) is 0.408. The van der Waals surface area contributed by atoms with Crippen LogP contribution >= 0.6 is 18.9 Å². The number of thiophene rings is 1. The Labute approximate surface area is 117 Å². The maximum atomic E-state index is 12.9. The molecule has 7 heteroatoms. The van der Waals surface area contributed by atoms with Crippen molar-refractivity contribution < 1.29 is 23.5 Å². The number of carbonyl (C=O) groups is 1. The molecule has 0 fully saturated rings. The molecule has 0 N–H and O–H groups in total. The topological polar surface area (TPSA) is 75.7 Å². The van der Waals surface area contributed by atoms with Gasteiger partial charge in [0, 0.05) is 0 Å². The van der Waals surface area contributed by atoms with E-state index in [0.717, 1.165) is 0 Å². The van der Waals surface area contributed by atoms with Crippen molar-refractivity contribution in [1.29, 1.82) is 0 Å². The summed E-state index contributed by atoms with van der Waals surface area (Å²) < 4.78 is 23.4. The number of rotatable bonds is 8. The highest BCUT2D eigenvalue weighted by molar-refractivity contribution is 7.56. The molecular formula is C12H18O5PS-. The summed E-state index contributed by atoms with van der Waals surface area (Å²) in [5, 5.41) is 13.3. The standard InChI is InChI=1S/C12H19O5PS/c1-4-12(11(13)14,10-7-8-19-9-10)18(15,16-5-2)17-6-3/h7-9H,4-6H2,1-3H3,(H,13,14)/p-1. The number of carboxylic acid groups (broad SMARTS) is 1. The average molecular weight is 305 g/mol. The van der Waals surface area contributed by atoms with Crippen molar-refractivity contribution in [3.63, 3.8) is 0 Å². The van der Waals surface area contributed by atoms with Crippen molar-refractivity contribution in [1.82, 2.24) is 0 Å². The molecule has 108 valence electrons. The van der Waals surface area contributed by atoms with E-state index in [2.05, 4.69) is 0 Å². The largest absolute Gasteiger partial charge is 0.548 e. The van der Waals surface area contributed by atoms with Crippen molar-refractivity contribution >= 4 is 24.9 Å². The predicted molar refractivity (Wildman–Crippen MR) is 72.2 cm³/mol. The Bertz CT molecular complexity index is 449. The van der Waals surface area contributed by atoms with Gasteiger partial charge in [-0.1, -0.05) is 6.92 Å². The van der Waals surface area contributed by atoms with Crippen molar-refractivity contribution in [3.05, 3.63) is 22.4 Å². The van der Waals surface area contributed by atoms with E-state index in [9.17, 15) is 14.5 Å². The minimum atomic E-state index is -3.86. The van der Waals surface area contributed by atoms with Crippen molar-refractivity contribution in [3.8, 4) is 0 Å². The van der Waals surface area contributed by atoms with E-state index >= 15 is 0 Å². The maximum absolute atomic E-state index is 12.9. The van der Waals surface area contributed by atoms with Crippen LogP contribution in [0.4, 0.5) is 0 Å². The minimum absolute atomic E-state index is 0.0728. The van der Waals surface area contributed by atoms with Crippen LogP contribution < -0.4 is 5.11 Å². The average Bonchev–Trinajstić information content (AvgIpc) is 2.84. The summed E-state index contributed by atoms with van der Waals surface area (Å²) in [6.07, 6.45) is 0.0728. The number of carboxylic acids is 1. The van der Waals surface area contributed by atoms with E-state index < -0.39 is 18.7 Å². The molecule has 0 saturated carbocycles. The molecule has 1 rings (SSSR count). The van der Waals surface area contributed by atoms with Crippen LogP contribution in [0.1, 0.15) is 32.8 Å².